The molecule has 0 aliphatic heterocycles. The molecule has 132 valence electrons. The number of carbonyl (C=O) groups excluding carboxylic acids is 1. The Morgan fingerprint density at radius 3 is 2.88 bits per heavy atom. The Balaban J connectivity index is 1.77. The fourth-order valence-electron chi connectivity index (χ4n) is 2.80. The normalized spacial score (nSPS) is 11.1. The van der Waals surface area contributed by atoms with Crippen LogP contribution >= 0.6 is 22.9 Å². The highest BCUT2D eigenvalue weighted by Gasteiger charge is 2.09. The van der Waals surface area contributed by atoms with Gasteiger partial charge in [0.25, 0.3) is 0 Å². The van der Waals surface area contributed by atoms with Crippen molar-refractivity contribution in [1.82, 2.24) is 9.47 Å². The lowest BCUT2D eigenvalue weighted by molar-refractivity contribution is -0.125. The molecule has 26 heavy (non-hydrogen) atoms. The molecule has 0 N–H and O–H groups in total. The summed E-state index contributed by atoms with van der Waals surface area (Å²) in [4.78, 5) is 15.1. The second-order valence-electron chi connectivity index (χ2n) is 5.94. The van der Waals surface area contributed by atoms with Crippen LogP contribution in [0, 0.1) is 11.3 Å². The molecular weight excluding hydrogens is 366 g/mol. The predicted molar refractivity (Wildman–Crippen MR) is 107 cm³/mol. The van der Waals surface area contributed by atoms with Crippen molar-refractivity contribution in [2.75, 3.05) is 7.05 Å². The fraction of sp³-hybridized carbons (Fsp3) is 0.200. The van der Waals surface area contributed by atoms with Crippen molar-refractivity contribution < 1.29 is 4.79 Å². The summed E-state index contributed by atoms with van der Waals surface area (Å²) in [5.41, 5.74) is 2.04. The molecule has 2 aromatic heterocycles. The third-order valence-corrected chi connectivity index (χ3v) is 5.30. The van der Waals surface area contributed by atoms with Crippen LogP contribution < -0.4 is 0 Å². The number of aromatic nitrogens is 1. The number of hydrogen-bond acceptors (Lipinski definition) is 3. The monoisotopic (exact) mass is 383 g/mol. The van der Waals surface area contributed by atoms with Crippen molar-refractivity contribution in [3.8, 4) is 6.07 Å². The molecule has 3 aromatic rings. The van der Waals surface area contributed by atoms with Crippen LogP contribution in [0.3, 0.4) is 0 Å². The van der Waals surface area contributed by atoms with Crippen LogP contribution in [0.2, 0.25) is 4.34 Å². The maximum absolute atomic E-state index is 12.4. The number of nitriles is 1. The molecule has 0 bridgehead atoms. The van der Waals surface area contributed by atoms with E-state index in [9.17, 15) is 4.79 Å². The number of amides is 1. The number of benzene rings is 1. The van der Waals surface area contributed by atoms with E-state index in [2.05, 4.69) is 10.6 Å². The molecule has 0 unspecified atom stereocenters. The van der Waals surface area contributed by atoms with Gasteiger partial charge in [0, 0.05) is 47.2 Å². The van der Waals surface area contributed by atoms with Gasteiger partial charge in [-0.15, -0.1) is 11.3 Å². The second-order valence-corrected chi connectivity index (χ2v) is 7.74. The molecule has 0 atom stereocenters. The van der Waals surface area contributed by atoms with E-state index < -0.39 is 0 Å². The summed E-state index contributed by atoms with van der Waals surface area (Å²) in [5, 5.41) is 9.90. The number of aryl methyl sites for hydroxylation is 1. The lowest BCUT2D eigenvalue weighted by Crippen LogP contribution is -2.23. The summed E-state index contributed by atoms with van der Waals surface area (Å²) in [6.07, 6.45) is 5.87. The lowest BCUT2D eigenvalue weighted by Gasteiger charge is -2.13. The Hall–Kier alpha value is -2.55. The molecule has 2 heterocycles. The third kappa shape index (κ3) is 4.16. The number of likely N-dealkylation sites (N-methyl/N-ethyl adjacent to an activating group) is 1. The Labute approximate surface area is 161 Å². The summed E-state index contributed by atoms with van der Waals surface area (Å²) in [7, 11) is 1.77. The van der Waals surface area contributed by atoms with Gasteiger partial charge >= 0.3 is 0 Å². The smallest absolute Gasteiger partial charge is 0.246 e. The van der Waals surface area contributed by atoms with Crippen molar-refractivity contribution >= 4 is 45.8 Å². The standard InChI is InChI=1S/C20H18ClN3OS/c1-23(14-16-8-9-19(21)26-16)20(25)10-7-15-13-24(12-4-11-22)18-6-3-2-5-17(15)18/h2-3,5-10,13H,4,12,14H2,1H3. The molecule has 1 amide bonds. The first-order valence-corrected chi connectivity index (χ1v) is 9.40. The van der Waals surface area contributed by atoms with E-state index >= 15 is 0 Å². The highest BCUT2D eigenvalue weighted by atomic mass is 35.5. The zero-order valence-corrected chi connectivity index (χ0v) is 15.9. The number of hydrogen-bond donors (Lipinski definition) is 0. The maximum Gasteiger partial charge on any atom is 0.246 e. The van der Waals surface area contributed by atoms with Gasteiger partial charge in [-0.05, 0) is 24.3 Å². The Morgan fingerprint density at radius 1 is 1.35 bits per heavy atom. The Morgan fingerprint density at radius 2 is 2.15 bits per heavy atom. The van der Waals surface area contributed by atoms with E-state index in [1.165, 1.54) is 11.3 Å². The van der Waals surface area contributed by atoms with Crippen LogP contribution in [0.15, 0.2) is 48.7 Å². The first-order valence-electron chi connectivity index (χ1n) is 8.20. The van der Waals surface area contributed by atoms with Gasteiger partial charge in [-0.25, -0.2) is 0 Å². The molecule has 0 saturated heterocycles. The summed E-state index contributed by atoms with van der Waals surface area (Å²) < 4.78 is 2.78. The minimum Gasteiger partial charge on any atom is -0.346 e. The van der Waals surface area contributed by atoms with Gasteiger partial charge in [0.05, 0.1) is 23.4 Å². The fourth-order valence-corrected chi connectivity index (χ4v) is 3.94. The van der Waals surface area contributed by atoms with E-state index in [-0.39, 0.29) is 5.91 Å². The molecule has 0 aliphatic carbocycles. The van der Waals surface area contributed by atoms with E-state index in [1.807, 2.05) is 48.7 Å². The second kappa shape index (κ2) is 8.22. The lowest BCUT2D eigenvalue weighted by atomic mass is 10.1. The predicted octanol–water partition coefficient (Wildman–Crippen LogP) is 4.94. The van der Waals surface area contributed by atoms with Crippen molar-refractivity contribution in [2.24, 2.45) is 0 Å². The maximum atomic E-state index is 12.4. The van der Waals surface area contributed by atoms with Crippen LogP contribution in [-0.2, 0) is 17.9 Å². The van der Waals surface area contributed by atoms with Crippen LogP contribution in [-0.4, -0.2) is 22.4 Å². The summed E-state index contributed by atoms with van der Waals surface area (Å²) in [6, 6.07) is 13.9. The number of nitrogens with zero attached hydrogens (tertiary/aromatic N) is 3. The zero-order valence-electron chi connectivity index (χ0n) is 14.4. The first kappa shape index (κ1) is 18.2. The van der Waals surface area contributed by atoms with E-state index in [4.69, 9.17) is 16.9 Å². The van der Waals surface area contributed by atoms with Crippen LogP contribution in [0.1, 0.15) is 16.9 Å². The van der Waals surface area contributed by atoms with Crippen LogP contribution in [0.5, 0.6) is 0 Å². The van der Waals surface area contributed by atoms with Gasteiger partial charge in [-0.2, -0.15) is 5.26 Å². The number of carbonyl (C=O) groups is 1. The van der Waals surface area contributed by atoms with Crippen LogP contribution in [0.25, 0.3) is 17.0 Å². The third-order valence-electron chi connectivity index (χ3n) is 4.09. The van der Waals surface area contributed by atoms with E-state index in [0.29, 0.717) is 19.5 Å². The van der Waals surface area contributed by atoms with Gasteiger partial charge in [-0.1, -0.05) is 29.8 Å². The minimum absolute atomic E-state index is 0.0663. The average molecular weight is 384 g/mol. The first-order chi connectivity index (χ1) is 12.6. The molecule has 4 nitrogen and oxygen atoms in total. The highest BCUT2D eigenvalue weighted by molar-refractivity contribution is 7.16. The number of thiophene rings is 1. The van der Waals surface area contributed by atoms with Crippen molar-refractivity contribution in [3.63, 3.8) is 0 Å². The van der Waals surface area contributed by atoms with Gasteiger partial charge in [-0.3, -0.25) is 4.79 Å². The topological polar surface area (TPSA) is 49.0 Å². The van der Waals surface area contributed by atoms with Gasteiger partial charge in [0.15, 0.2) is 0 Å². The SMILES string of the molecule is CN(Cc1ccc(Cl)s1)C(=O)C=Cc1cn(CCC#N)c2ccccc12. The van der Waals surface area contributed by atoms with Crippen LogP contribution in [0.4, 0.5) is 0 Å². The number of fused-ring (bicyclic) bond motifs is 1. The molecule has 1 aromatic carbocycles. The van der Waals surface area contributed by atoms with Gasteiger partial charge in [0.2, 0.25) is 5.91 Å². The Kier molecular flexibility index (Phi) is 5.77. The molecule has 0 spiro atoms. The molecule has 0 radical (unpaired) electrons. The van der Waals surface area contributed by atoms with Gasteiger partial charge < -0.3 is 9.47 Å². The summed E-state index contributed by atoms with van der Waals surface area (Å²) in [6.45, 7) is 1.17. The zero-order chi connectivity index (χ0) is 18.5. The quantitative estimate of drug-likeness (QED) is 0.566. The summed E-state index contributed by atoms with van der Waals surface area (Å²) >= 11 is 7.42. The van der Waals surface area contributed by atoms with Crippen molar-refractivity contribution in [1.29, 1.82) is 5.26 Å². The largest absolute Gasteiger partial charge is 0.346 e. The molecule has 0 fully saturated rings. The summed E-state index contributed by atoms with van der Waals surface area (Å²) in [5.74, 6) is -0.0663. The highest BCUT2D eigenvalue weighted by Crippen LogP contribution is 2.24. The number of para-hydroxylation sites is 1. The van der Waals surface area contributed by atoms with Crippen molar-refractivity contribution in [3.05, 3.63) is 63.4 Å². The molecule has 0 aliphatic rings. The average Bonchev–Trinajstić information content (AvgIpc) is 3.21. The van der Waals surface area contributed by atoms with E-state index in [0.717, 1.165) is 25.7 Å². The van der Waals surface area contributed by atoms with Crippen molar-refractivity contribution in [2.45, 2.75) is 19.5 Å². The van der Waals surface area contributed by atoms with Gasteiger partial charge in [0.1, 0.15) is 0 Å². The minimum atomic E-state index is -0.0663. The number of rotatable bonds is 6. The molecule has 6 heteroatoms. The Bertz CT molecular complexity index is 996. The molecule has 0 saturated carbocycles. The molecular formula is C20H18ClN3OS. The van der Waals surface area contributed by atoms with E-state index in [1.54, 1.807) is 18.0 Å². The number of halogens is 1. The molecule has 3 rings (SSSR count).